The Hall–Kier alpha value is -3.77. The first kappa shape index (κ1) is 26.8. The molecule has 3 nitrogen and oxygen atoms in total. The Morgan fingerprint density at radius 3 is 1.74 bits per heavy atom. The van der Waals surface area contributed by atoms with Crippen LogP contribution in [-0.2, 0) is 15.6 Å². The Morgan fingerprint density at radius 1 is 0.692 bits per heavy atom. The Labute approximate surface area is 231 Å². The van der Waals surface area contributed by atoms with Gasteiger partial charge in [-0.15, -0.1) is 0 Å². The van der Waals surface area contributed by atoms with E-state index >= 15 is 4.57 Å². The highest BCUT2D eigenvalue weighted by molar-refractivity contribution is 7.85. The van der Waals surface area contributed by atoms with Gasteiger partial charge >= 0.3 is 7.80 Å². The van der Waals surface area contributed by atoms with Crippen molar-refractivity contribution < 1.29 is 13.9 Å². The molecule has 0 aliphatic carbocycles. The van der Waals surface area contributed by atoms with Gasteiger partial charge < -0.3 is 9.30 Å². The zero-order valence-electron chi connectivity index (χ0n) is 22.1. The lowest BCUT2D eigenvalue weighted by Crippen LogP contribution is -2.27. The molecule has 0 fully saturated rings. The van der Waals surface area contributed by atoms with Crippen molar-refractivity contribution in [1.29, 1.82) is 0 Å². The van der Waals surface area contributed by atoms with Crippen LogP contribution in [0.1, 0.15) is 31.1 Å². The normalized spacial score (nSPS) is 12.5. The molecular formula is C34H31O3P2+. The summed E-state index contributed by atoms with van der Waals surface area (Å²) in [4.78, 5) is 0. The van der Waals surface area contributed by atoms with Gasteiger partial charge in [0.15, 0.2) is 17.8 Å². The van der Waals surface area contributed by atoms with Crippen LogP contribution in [0.5, 0.6) is 5.75 Å². The van der Waals surface area contributed by atoms with E-state index in [2.05, 4.69) is 6.92 Å². The van der Waals surface area contributed by atoms with E-state index in [9.17, 15) is 4.57 Å². The molecule has 0 bridgehead atoms. The number of aryl methyl sites for hydroxylation is 1. The highest BCUT2D eigenvalue weighted by atomic mass is 31.2. The predicted octanol–water partition coefficient (Wildman–Crippen LogP) is 6.81. The van der Waals surface area contributed by atoms with Gasteiger partial charge in [0, 0.05) is 10.6 Å². The monoisotopic (exact) mass is 549 g/mol. The van der Waals surface area contributed by atoms with Crippen molar-refractivity contribution in [1.82, 2.24) is 0 Å². The lowest BCUT2D eigenvalue weighted by molar-refractivity contribution is 0.229. The third kappa shape index (κ3) is 5.66. The van der Waals surface area contributed by atoms with Gasteiger partial charge in [-0.1, -0.05) is 109 Å². The van der Waals surface area contributed by atoms with Crippen molar-refractivity contribution in [3.05, 3.63) is 145 Å². The minimum absolute atomic E-state index is 0.306. The Morgan fingerprint density at radius 2 is 1.21 bits per heavy atom. The maximum Gasteiger partial charge on any atom is 0.415 e. The smallest absolute Gasteiger partial charge is 0.415 e. The van der Waals surface area contributed by atoms with E-state index < -0.39 is 14.9 Å². The van der Waals surface area contributed by atoms with Gasteiger partial charge in [0.1, 0.15) is 11.9 Å². The van der Waals surface area contributed by atoms with E-state index in [4.69, 9.17) is 4.74 Å². The largest absolute Gasteiger partial charge is 0.485 e. The van der Waals surface area contributed by atoms with Crippen LogP contribution in [0, 0.1) is 0 Å². The minimum atomic E-state index is -3.22. The second-order valence-corrected chi connectivity index (χ2v) is 13.8. The van der Waals surface area contributed by atoms with Gasteiger partial charge in [0.05, 0.1) is 5.30 Å². The molecule has 0 saturated heterocycles. The first-order valence-corrected chi connectivity index (χ1v) is 16.1. The summed E-state index contributed by atoms with van der Waals surface area (Å²) in [7, 11) is -4.88. The summed E-state index contributed by atoms with van der Waals surface area (Å²) >= 11 is 0. The van der Waals surface area contributed by atoms with Crippen LogP contribution in [0.3, 0.4) is 0 Å². The Kier molecular flexibility index (Phi) is 8.22. The van der Waals surface area contributed by atoms with E-state index in [1.54, 1.807) is 0 Å². The second kappa shape index (κ2) is 12.0. The van der Waals surface area contributed by atoms with Crippen LogP contribution in [0.15, 0.2) is 133 Å². The fourth-order valence-electron chi connectivity index (χ4n) is 4.68. The molecule has 0 amide bonds. The summed E-state index contributed by atoms with van der Waals surface area (Å²) in [6.07, 6.45) is 0.521. The van der Waals surface area contributed by atoms with E-state index in [0.29, 0.717) is 11.1 Å². The molecule has 0 heterocycles. The van der Waals surface area contributed by atoms with Crippen LogP contribution >= 0.6 is 14.9 Å². The van der Waals surface area contributed by atoms with Gasteiger partial charge in [-0.3, -0.25) is 0 Å². The van der Waals surface area contributed by atoms with Crippen LogP contribution < -0.4 is 31.3 Å². The first-order valence-electron chi connectivity index (χ1n) is 13.1. The predicted molar refractivity (Wildman–Crippen MR) is 164 cm³/mol. The van der Waals surface area contributed by atoms with Crippen molar-refractivity contribution in [2.45, 2.75) is 26.4 Å². The molecule has 39 heavy (non-hydrogen) atoms. The van der Waals surface area contributed by atoms with Crippen molar-refractivity contribution in [2.24, 2.45) is 0 Å². The second-order valence-electron chi connectivity index (χ2n) is 9.42. The summed E-state index contributed by atoms with van der Waals surface area (Å²) in [5.41, 5.74) is 2.06. The molecule has 194 valence electrons. The summed E-state index contributed by atoms with van der Waals surface area (Å²) in [6.45, 7) is 4.08. The molecule has 5 aromatic carbocycles. The fraction of sp³-hybridized carbons (Fsp3) is 0.118. The molecule has 5 rings (SSSR count). The number of ether oxygens (including phenoxy) is 1. The highest BCUT2D eigenvalue weighted by Gasteiger charge is 2.33. The third-order valence-electron chi connectivity index (χ3n) is 6.90. The third-order valence-corrected chi connectivity index (χ3v) is 11.5. The SMILES string of the molecule is CCc1ccc(OC(C)c2ccc([P+](=O)c3ccccc3)cc2)c(P(=O)(c2ccccc2)c2ccccc2)c1. The van der Waals surface area contributed by atoms with Gasteiger partial charge in [0.25, 0.3) is 0 Å². The summed E-state index contributed by atoms with van der Waals surface area (Å²) in [5.74, 6) is 0.607. The molecule has 2 atom stereocenters. The molecule has 0 N–H and O–H groups in total. The topological polar surface area (TPSA) is 43.4 Å². The van der Waals surface area contributed by atoms with Crippen LogP contribution in [-0.4, -0.2) is 0 Å². The molecule has 5 heteroatoms. The van der Waals surface area contributed by atoms with Gasteiger partial charge in [0.2, 0.25) is 0 Å². The summed E-state index contributed by atoms with van der Waals surface area (Å²) in [6, 6.07) is 42.6. The number of hydrogen-bond donors (Lipinski definition) is 0. The molecule has 2 unspecified atom stereocenters. The van der Waals surface area contributed by atoms with Gasteiger partial charge in [-0.25, -0.2) is 0 Å². The standard InChI is InChI=1S/C34H31O3P2/c1-3-27-19-24-33(34(25-27)39(36,31-15-9-5-10-16-31)32-17-11-6-12-18-32)37-26(2)28-20-22-30(23-21-28)38(35)29-13-7-4-8-14-29/h4-26H,3H2,1-2H3/q+1. The molecular weight excluding hydrogens is 518 g/mol. The average molecular weight is 550 g/mol. The van der Waals surface area contributed by atoms with Crippen molar-refractivity contribution >= 4 is 41.5 Å². The summed E-state index contributed by atoms with van der Waals surface area (Å²) < 4.78 is 34.7. The number of hydrogen-bond acceptors (Lipinski definition) is 3. The maximum absolute atomic E-state index is 15.2. The lowest BCUT2D eigenvalue weighted by atomic mass is 10.1. The maximum atomic E-state index is 15.2. The van der Waals surface area contributed by atoms with Crippen LogP contribution in [0.2, 0.25) is 0 Å². The molecule has 0 aliphatic rings. The van der Waals surface area contributed by atoms with Crippen LogP contribution in [0.25, 0.3) is 0 Å². The minimum Gasteiger partial charge on any atom is -0.485 e. The highest BCUT2D eigenvalue weighted by Crippen LogP contribution is 2.46. The van der Waals surface area contributed by atoms with Gasteiger partial charge in [-0.2, -0.15) is 0 Å². The zero-order chi connectivity index (χ0) is 27.2. The summed E-state index contributed by atoms with van der Waals surface area (Å²) in [5, 5.41) is 3.84. The molecule has 0 saturated carbocycles. The lowest BCUT2D eigenvalue weighted by Gasteiger charge is -2.25. The Balaban J connectivity index is 1.51. The first-order chi connectivity index (χ1) is 19.0. The fourth-order valence-corrected chi connectivity index (χ4v) is 8.67. The van der Waals surface area contributed by atoms with E-state index in [0.717, 1.165) is 38.8 Å². The number of benzene rings is 5. The van der Waals surface area contributed by atoms with Crippen molar-refractivity contribution in [2.75, 3.05) is 0 Å². The molecule has 0 radical (unpaired) electrons. The van der Waals surface area contributed by atoms with Crippen molar-refractivity contribution in [3.8, 4) is 5.75 Å². The molecule has 0 aromatic heterocycles. The molecule has 0 aliphatic heterocycles. The van der Waals surface area contributed by atoms with E-state index in [1.165, 1.54) is 0 Å². The van der Waals surface area contributed by atoms with Crippen molar-refractivity contribution in [3.63, 3.8) is 0 Å². The number of rotatable bonds is 9. The van der Waals surface area contributed by atoms with Crippen LogP contribution in [0.4, 0.5) is 0 Å². The zero-order valence-corrected chi connectivity index (χ0v) is 23.9. The quantitative estimate of drug-likeness (QED) is 0.190. The average Bonchev–Trinajstić information content (AvgIpc) is 3.02. The Bertz CT molecular complexity index is 1560. The molecule has 5 aromatic rings. The van der Waals surface area contributed by atoms with E-state index in [1.807, 2.05) is 140 Å². The van der Waals surface area contributed by atoms with Gasteiger partial charge in [-0.05, 0) is 60.9 Å². The molecule has 0 spiro atoms. The van der Waals surface area contributed by atoms with E-state index in [-0.39, 0.29) is 6.10 Å².